The standard InChI is InChI=1S/C19H19FN2O/c1-13-16(17-5-3-4-6-18(17)22(13)2)11-12-21-19(23)14-7-9-15(20)10-8-14/h3-10H,11-12H2,1-2H3,(H,21,23). The van der Waals surface area contributed by atoms with Crippen molar-refractivity contribution >= 4 is 16.8 Å². The summed E-state index contributed by atoms with van der Waals surface area (Å²) < 4.78 is 15.1. The number of aryl methyl sites for hydroxylation is 1. The Morgan fingerprint density at radius 3 is 2.57 bits per heavy atom. The minimum absolute atomic E-state index is 0.178. The van der Waals surface area contributed by atoms with E-state index < -0.39 is 0 Å². The van der Waals surface area contributed by atoms with Crippen LogP contribution in [0.25, 0.3) is 10.9 Å². The number of carbonyl (C=O) groups is 1. The summed E-state index contributed by atoms with van der Waals surface area (Å²) in [6, 6.07) is 13.8. The lowest BCUT2D eigenvalue weighted by molar-refractivity contribution is 0.0954. The average Bonchev–Trinajstić information content (AvgIpc) is 2.81. The summed E-state index contributed by atoms with van der Waals surface area (Å²) in [6.45, 7) is 2.64. The van der Waals surface area contributed by atoms with Crippen molar-refractivity contribution < 1.29 is 9.18 Å². The Morgan fingerprint density at radius 2 is 1.83 bits per heavy atom. The number of rotatable bonds is 4. The molecule has 3 aromatic rings. The number of carbonyl (C=O) groups excluding carboxylic acids is 1. The van der Waals surface area contributed by atoms with Gasteiger partial charge in [-0.15, -0.1) is 0 Å². The van der Waals surface area contributed by atoms with Crippen LogP contribution >= 0.6 is 0 Å². The zero-order valence-corrected chi connectivity index (χ0v) is 13.3. The number of nitrogens with one attached hydrogen (secondary N) is 1. The van der Waals surface area contributed by atoms with Gasteiger partial charge in [0, 0.05) is 35.8 Å². The molecule has 23 heavy (non-hydrogen) atoms. The molecular weight excluding hydrogens is 291 g/mol. The van der Waals surface area contributed by atoms with Crippen LogP contribution in [-0.2, 0) is 13.5 Å². The third kappa shape index (κ3) is 2.97. The van der Waals surface area contributed by atoms with Crippen LogP contribution in [0.3, 0.4) is 0 Å². The van der Waals surface area contributed by atoms with Gasteiger partial charge in [-0.2, -0.15) is 0 Å². The van der Waals surface area contributed by atoms with E-state index in [2.05, 4.69) is 36.0 Å². The van der Waals surface area contributed by atoms with Gasteiger partial charge in [0.05, 0.1) is 0 Å². The quantitative estimate of drug-likeness (QED) is 0.785. The van der Waals surface area contributed by atoms with E-state index in [0.717, 1.165) is 6.42 Å². The first-order valence-electron chi connectivity index (χ1n) is 7.64. The lowest BCUT2D eigenvalue weighted by Crippen LogP contribution is -2.25. The Hall–Kier alpha value is -2.62. The van der Waals surface area contributed by atoms with E-state index in [9.17, 15) is 9.18 Å². The summed E-state index contributed by atoms with van der Waals surface area (Å²) >= 11 is 0. The lowest BCUT2D eigenvalue weighted by Gasteiger charge is -2.06. The van der Waals surface area contributed by atoms with E-state index in [-0.39, 0.29) is 11.7 Å². The van der Waals surface area contributed by atoms with E-state index in [4.69, 9.17) is 0 Å². The van der Waals surface area contributed by atoms with Gasteiger partial charge in [-0.25, -0.2) is 4.39 Å². The van der Waals surface area contributed by atoms with Crippen LogP contribution < -0.4 is 5.32 Å². The molecule has 3 nitrogen and oxygen atoms in total. The molecule has 118 valence electrons. The average molecular weight is 310 g/mol. The Bertz CT molecular complexity index is 850. The van der Waals surface area contributed by atoms with Gasteiger partial charge in [-0.1, -0.05) is 18.2 Å². The van der Waals surface area contributed by atoms with Gasteiger partial charge >= 0.3 is 0 Å². The van der Waals surface area contributed by atoms with Gasteiger partial charge in [-0.3, -0.25) is 4.79 Å². The normalized spacial score (nSPS) is 10.9. The van der Waals surface area contributed by atoms with Crippen LogP contribution in [0, 0.1) is 12.7 Å². The zero-order valence-electron chi connectivity index (χ0n) is 13.3. The minimum atomic E-state index is -0.340. The molecule has 0 unspecified atom stereocenters. The molecule has 1 amide bonds. The van der Waals surface area contributed by atoms with Crippen molar-refractivity contribution in [2.45, 2.75) is 13.3 Å². The second-order valence-electron chi connectivity index (χ2n) is 5.65. The summed E-state index contributed by atoms with van der Waals surface area (Å²) in [5, 5.41) is 4.12. The molecule has 0 bridgehead atoms. The summed E-state index contributed by atoms with van der Waals surface area (Å²) in [4.78, 5) is 12.1. The van der Waals surface area contributed by atoms with Crippen LogP contribution in [-0.4, -0.2) is 17.0 Å². The lowest BCUT2D eigenvalue weighted by atomic mass is 10.1. The molecule has 0 aliphatic heterocycles. The van der Waals surface area contributed by atoms with Crippen molar-refractivity contribution in [2.24, 2.45) is 7.05 Å². The predicted octanol–water partition coefficient (Wildman–Crippen LogP) is 3.60. The maximum Gasteiger partial charge on any atom is 0.251 e. The van der Waals surface area contributed by atoms with Gasteiger partial charge < -0.3 is 9.88 Å². The summed E-state index contributed by atoms with van der Waals surface area (Å²) in [6.07, 6.45) is 0.764. The topological polar surface area (TPSA) is 34.0 Å². The molecule has 1 N–H and O–H groups in total. The Morgan fingerprint density at radius 1 is 1.13 bits per heavy atom. The molecule has 4 heteroatoms. The van der Waals surface area contributed by atoms with Crippen molar-refractivity contribution in [1.82, 2.24) is 9.88 Å². The van der Waals surface area contributed by atoms with Gasteiger partial charge in [0.2, 0.25) is 0 Å². The number of amides is 1. The van der Waals surface area contributed by atoms with Gasteiger partial charge in [0.15, 0.2) is 0 Å². The molecule has 0 saturated heterocycles. The zero-order chi connectivity index (χ0) is 16.4. The largest absolute Gasteiger partial charge is 0.352 e. The van der Waals surface area contributed by atoms with E-state index in [0.29, 0.717) is 12.1 Å². The van der Waals surface area contributed by atoms with Crippen molar-refractivity contribution in [2.75, 3.05) is 6.54 Å². The Labute approximate surface area is 134 Å². The molecule has 3 rings (SSSR count). The first-order valence-corrected chi connectivity index (χ1v) is 7.64. The van der Waals surface area contributed by atoms with Crippen LogP contribution in [0.2, 0.25) is 0 Å². The van der Waals surface area contributed by atoms with Crippen molar-refractivity contribution in [1.29, 1.82) is 0 Å². The highest BCUT2D eigenvalue weighted by Crippen LogP contribution is 2.24. The number of fused-ring (bicyclic) bond motifs is 1. The molecule has 1 aromatic heterocycles. The molecular formula is C19H19FN2O. The SMILES string of the molecule is Cc1c(CCNC(=O)c2ccc(F)cc2)c2ccccc2n1C. The number of nitrogens with zero attached hydrogens (tertiary/aromatic N) is 1. The number of benzene rings is 2. The predicted molar refractivity (Wildman–Crippen MR) is 90.1 cm³/mol. The smallest absolute Gasteiger partial charge is 0.251 e. The molecule has 0 atom stereocenters. The van der Waals surface area contributed by atoms with Gasteiger partial charge in [-0.05, 0) is 49.2 Å². The third-order valence-electron chi connectivity index (χ3n) is 4.30. The van der Waals surface area contributed by atoms with Crippen LogP contribution in [0.4, 0.5) is 4.39 Å². The van der Waals surface area contributed by atoms with Crippen molar-refractivity contribution in [3.05, 3.63) is 71.2 Å². The van der Waals surface area contributed by atoms with E-state index in [1.54, 1.807) is 0 Å². The molecule has 2 aromatic carbocycles. The molecule has 0 spiro atoms. The van der Waals surface area contributed by atoms with E-state index in [1.165, 1.54) is 46.4 Å². The molecule has 0 saturated carbocycles. The Kier molecular flexibility index (Phi) is 4.15. The summed E-state index contributed by atoms with van der Waals surface area (Å²) in [5.41, 5.74) is 4.13. The maximum absolute atomic E-state index is 12.9. The highest BCUT2D eigenvalue weighted by molar-refractivity contribution is 5.94. The molecule has 1 heterocycles. The second-order valence-corrected chi connectivity index (χ2v) is 5.65. The summed E-state index contributed by atoms with van der Waals surface area (Å²) in [7, 11) is 2.05. The van der Waals surface area contributed by atoms with E-state index >= 15 is 0 Å². The minimum Gasteiger partial charge on any atom is -0.352 e. The number of hydrogen-bond donors (Lipinski definition) is 1. The fraction of sp³-hybridized carbons (Fsp3) is 0.211. The highest BCUT2D eigenvalue weighted by Gasteiger charge is 2.12. The maximum atomic E-state index is 12.9. The number of aromatic nitrogens is 1. The molecule has 0 radical (unpaired) electrons. The number of hydrogen-bond acceptors (Lipinski definition) is 1. The first kappa shape index (κ1) is 15.3. The van der Waals surface area contributed by atoms with Crippen LogP contribution in [0.1, 0.15) is 21.6 Å². The second kappa shape index (κ2) is 6.24. The first-order chi connectivity index (χ1) is 11.1. The van der Waals surface area contributed by atoms with Crippen LogP contribution in [0.5, 0.6) is 0 Å². The fourth-order valence-corrected chi connectivity index (χ4v) is 2.92. The monoisotopic (exact) mass is 310 g/mol. The molecule has 0 aliphatic carbocycles. The summed E-state index contributed by atoms with van der Waals surface area (Å²) in [5.74, 6) is -0.518. The van der Waals surface area contributed by atoms with Crippen LogP contribution in [0.15, 0.2) is 48.5 Å². The molecule has 0 aliphatic rings. The van der Waals surface area contributed by atoms with Gasteiger partial charge in [0.25, 0.3) is 5.91 Å². The fourth-order valence-electron chi connectivity index (χ4n) is 2.92. The number of para-hydroxylation sites is 1. The van der Waals surface area contributed by atoms with E-state index in [1.807, 2.05) is 12.1 Å². The van der Waals surface area contributed by atoms with Gasteiger partial charge in [0.1, 0.15) is 5.82 Å². The highest BCUT2D eigenvalue weighted by atomic mass is 19.1. The number of halogens is 1. The molecule has 0 fully saturated rings. The van der Waals surface area contributed by atoms with Crippen molar-refractivity contribution in [3.8, 4) is 0 Å². The Balaban J connectivity index is 1.71. The van der Waals surface area contributed by atoms with Crippen molar-refractivity contribution in [3.63, 3.8) is 0 Å². The third-order valence-corrected chi connectivity index (χ3v) is 4.30.